The van der Waals surface area contributed by atoms with E-state index >= 15 is 0 Å². The van der Waals surface area contributed by atoms with Crippen molar-refractivity contribution in [3.63, 3.8) is 0 Å². The Morgan fingerprint density at radius 1 is 0.571 bits per heavy atom. The normalized spacial score (nSPS) is 17.0. The third-order valence-electron chi connectivity index (χ3n) is 8.68. The molecule has 0 heterocycles. The second kappa shape index (κ2) is 12.4. The first-order chi connectivity index (χ1) is 19.0. The molecule has 2 aliphatic rings. The molecule has 3 heteroatoms. The van der Waals surface area contributed by atoms with Crippen LogP contribution in [0.5, 0.6) is 0 Å². The van der Waals surface area contributed by atoms with Gasteiger partial charge in [0, 0.05) is 0 Å². The first kappa shape index (κ1) is 32.7. The van der Waals surface area contributed by atoms with Crippen molar-refractivity contribution in [3.8, 4) is 22.3 Å². The minimum absolute atomic E-state index is 0. The molecule has 42 heavy (non-hydrogen) atoms. The van der Waals surface area contributed by atoms with Crippen LogP contribution in [0.3, 0.4) is 0 Å². The average Bonchev–Trinajstić information content (AvgIpc) is 3.48. The fraction of sp³-hybridized carbons (Fsp3) is 0.282. The molecule has 0 N–H and O–H groups in total. The average molecular weight is 671 g/mol. The van der Waals surface area contributed by atoms with Gasteiger partial charge in [-0.25, -0.2) is 0 Å². The van der Waals surface area contributed by atoms with E-state index in [1.807, 2.05) is 0 Å². The van der Waals surface area contributed by atoms with E-state index in [9.17, 15) is 0 Å². The molecule has 2 aliphatic carbocycles. The molecule has 2 unspecified atom stereocenters. The number of allylic oxidation sites excluding steroid dienone is 2. The Hall–Kier alpha value is -2.18. The predicted molar refractivity (Wildman–Crippen MR) is 169 cm³/mol. The first-order valence-electron chi connectivity index (χ1n) is 14.6. The summed E-state index contributed by atoms with van der Waals surface area (Å²) in [6.45, 7) is 16.1. The topological polar surface area (TPSA) is 0 Å². The number of halogens is 2. The summed E-state index contributed by atoms with van der Waals surface area (Å²) in [5, 5.41) is 0. The molecule has 0 radical (unpaired) electrons. The fourth-order valence-electron chi connectivity index (χ4n) is 6.24. The molecule has 0 saturated carbocycles. The van der Waals surface area contributed by atoms with E-state index in [1.165, 1.54) is 44.5 Å². The zero-order valence-electron chi connectivity index (χ0n) is 25.7. The Labute approximate surface area is 277 Å². The van der Waals surface area contributed by atoms with Crippen LogP contribution >= 0.6 is 0 Å². The zero-order chi connectivity index (χ0) is 28.2. The molecule has 4 aromatic rings. The van der Waals surface area contributed by atoms with E-state index in [4.69, 9.17) is 0 Å². The van der Waals surface area contributed by atoms with Crippen molar-refractivity contribution < 1.29 is 48.0 Å². The molecule has 0 saturated heterocycles. The van der Waals surface area contributed by atoms with E-state index in [-0.39, 0.29) is 35.6 Å². The predicted octanol–water partition coefficient (Wildman–Crippen LogP) is 4.93. The van der Waals surface area contributed by atoms with Gasteiger partial charge in [-0.15, -0.1) is 0 Å². The first-order valence-corrected chi connectivity index (χ1v) is 17.4. The molecule has 214 valence electrons. The largest absolute Gasteiger partial charge is 1.00 e. The van der Waals surface area contributed by atoms with Gasteiger partial charge in [-0.05, 0) is 0 Å². The van der Waals surface area contributed by atoms with Gasteiger partial charge in [-0.3, -0.25) is 0 Å². The van der Waals surface area contributed by atoms with Gasteiger partial charge in [-0.2, -0.15) is 0 Å². The number of fused-ring (bicyclic) bond motifs is 2. The van der Waals surface area contributed by atoms with Crippen molar-refractivity contribution in [1.82, 2.24) is 0 Å². The van der Waals surface area contributed by atoms with Gasteiger partial charge >= 0.3 is 254 Å². The molecule has 2 atom stereocenters. The Morgan fingerprint density at radius 3 is 1.55 bits per heavy atom. The van der Waals surface area contributed by atoms with Gasteiger partial charge in [-0.1, -0.05) is 0 Å². The zero-order valence-corrected chi connectivity index (χ0v) is 29.7. The Balaban J connectivity index is 0.00000202. The third kappa shape index (κ3) is 6.22. The second-order valence-electron chi connectivity index (χ2n) is 13.6. The summed E-state index contributed by atoms with van der Waals surface area (Å²) in [6.07, 6.45) is 7.42. The molecule has 0 nitrogen and oxygen atoms in total. The SMILES string of the molecule is CC1=Cc2c(-c3ccc(C(C)(C)C)cc3)cccc2[CH]1[Zr+2][CH]1C=Cc2c(-c3ccc(C(C)(C)C)cc3)cccc21.[Cl-].[Cl-]. The molecule has 0 aliphatic heterocycles. The molecule has 0 bridgehead atoms. The Bertz CT molecular complexity index is 1630. The molecule has 6 rings (SSSR count). The Morgan fingerprint density at radius 2 is 1.05 bits per heavy atom. The Kier molecular flexibility index (Phi) is 9.69. The summed E-state index contributed by atoms with van der Waals surface area (Å²) in [4.78, 5) is 0. The number of rotatable bonds is 4. The van der Waals surface area contributed by atoms with E-state index < -0.39 is 23.2 Å². The molecular weight excluding hydrogens is 631 g/mol. The van der Waals surface area contributed by atoms with E-state index in [1.54, 1.807) is 16.7 Å². The van der Waals surface area contributed by atoms with Crippen molar-refractivity contribution in [2.75, 3.05) is 0 Å². The van der Waals surface area contributed by atoms with Crippen LogP contribution in [0, 0.1) is 0 Å². The van der Waals surface area contributed by atoms with Gasteiger partial charge < -0.3 is 24.8 Å². The van der Waals surface area contributed by atoms with Crippen molar-refractivity contribution in [3.05, 3.63) is 130 Å². The van der Waals surface area contributed by atoms with Gasteiger partial charge in [0.05, 0.1) is 0 Å². The maximum atomic E-state index is 2.52. The van der Waals surface area contributed by atoms with Crippen molar-refractivity contribution in [1.29, 1.82) is 0 Å². The van der Waals surface area contributed by atoms with Gasteiger partial charge in [0.2, 0.25) is 0 Å². The quantitative estimate of drug-likeness (QED) is 0.289. The molecule has 4 aromatic carbocycles. The molecular formula is C39H40Cl2Zr. The minimum atomic E-state index is -0.857. The monoisotopic (exact) mass is 668 g/mol. The van der Waals surface area contributed by atoms with E-state index in [0.29, 0.717) is 7.25 Å². The number of hydrogen-bond donors (Lipinski definition) is 0. The van der Waals surface area contributed by atoms with Crippen LogP contribution in [0.2, 0.25) is 0 Å². The molecule has 0 fully saturated rings. The van der Waals surface area contributed by atoms with Crippen molar-refractivity contribution in [2.24, 2.45) is 0 Å². The van der Waals surface area contributed by atoms with Crippen LogP contribution in [0.4, 0.5) is 0 Å². The number of hydrogen-bond acceptors (Lipinski definition) is 0. The van der Waals surface area contributed by atoms with Crippen LogP contribution < -0.4 is 24.8 Å². The summed E-state index contributed by atoms with van der Waals surface area (Å²) < 4.78 is 1.21. The summed E-state index contributed by atoms with van der Waals surface area (Å²) in [6, 6.07) is 32.4. The van der Waals surface area contributed by atoms with Crippen LogP contribution in [-0.4, -0.2) is 0 Å². The van der Waals surface area contributed by atoms with E-state index in [0.717, 1.165) is 0 Å². The third-order valence-corrected chi connectivity index (χ3v) is 13.5. The van der Waals surface area contributed by atoms with Gasteiger partial charge in [0.25, 0.3) is 0 Å². The maximum Gasteiger partial charge on any atom is -1.00 e. The standard InChI is InChI=1S/C20H21.C19H19.2ClH.Zr/c1-14-12-16-6-5-7-18(19(16)13-14)15-8-10-17(11-9-15)20(2,3)4;1-19(2,3)16-12-10-15(11-13-16)18-9-5-7-14-6-4-8-17(14)18;;;/h5-13H,1-4H3;4-13H,1-3H3;2*1H;/q;;;;+2/p-2. The minimum Gasteiger partial charge on any atom is -1.00 e. The van der Waals surface area contributed by atoms with Crippen LogP contribution in [-0.2, 0) is 34.1 Å². The van der Waals surface area contributed by atoms with Gasteiger partial charge in [0.1, 0.15) is 0 Å². The maximum absolute atomic E-state index is 2.52. The summed E-state index contributed by atoms with van der Waals surface area (Å²) in [5.41, 5.74) is 16.1. The molecule has 0 amide bonds. The smallest absolute Gasteiger partial charge is 1.00 e. The molecule has 0 spiro atoms. The van der Waals surface area contributed by atoms with Crippen LogP contribution in [0.1, 0.15) is 89.1 Å². The second-order valence-corrected chi connectivity index (χ2v) is 17.4. The van der Waals surface area contributed by atoms with Crippen molar-refractivity contribution >= 4 is 12.2 Å². The fourth-order valence-corrected chi connectivity index (χ4v) is 10.6. The summed E-state index contributed by atoms with van der Waals surface area (Å²) >= 11 is -0.857. The van der Waals surface area contributed by atoms with Crippen LogP contribution in [0.15, 0.2) is 96.6 Å². The number of benzene rings is 4. The molecule has 0 aromatic heterocycles. The summed E-state index contributed by atoms with van der Waals surface area (Å²) in [5.74, 6) is 0. The van der Waals surface area contributed by atoms with E-state index in [2.05, 4.69) is 152 Å². The van der Waals surface area contributed by atoms with Gasteiger partial charge in [0.15, 0.2) is 0 Å². The van der Waals surface area contributed by atoms with Crippen LogP contribution in [0.25, 0.3) is 34.4 Å². The summed E-state index contributed by atoms with van der Waals surface area (Å²) in [7, 11) is 0. The van der Waals surface area contributed by atoms with Crippen molar-refractivity contribution in [2.45, 2.75) is 66.5 Å².